The van der Waals surface area contributed by atoms with Gasteiger partial charge in [-0.3, -0.25) is 4.21 Å². The van der Waals surface area contributed by atoms with E-state index in [2.05, 4.69) is 4.98 Å². The molecule has 2 aromatic rings. The molecule has 2 rings (SSSR count). The van der Waals surface area contributed by atoms with Crippen molar-refractivity contribution in [3.63, 3.8) is 0 Å². The second kappa shape index (κ2) is 6.11. The third kappa shape index (κ3) is 3.40. The smallest absolute Gasteiger partial charge is 0.180 e. The molecular formula is C13H15NO2S2. The molecule has 18 heavy (non-hydrogen) atoms. The van der Waals surface area contributed by atoms with Crippen LogP contribution in [-0.4, -0.2) is 22.1 Å². The van der Waals surface area contributed by atoms with Crippen LogP contribution < -0.4 is 4.74 Å². The van der Waals surface area contributed by atoms with Gasteiger partial charge >= 0.3 is 0 Å². The van der Waals surface area contributed by atoms with E-state index in [1.807, 2.05) is 36.6 Å². The topological polar surface area (TPSA) is 39.2 Å². The Bertz CT molecular complexity index is 534. The zero-order chi connectivity index (χ0) is 13.0. The summed E-state index contributed by atoms with van der Waals surface area (Å²) in [5, 5.41) is 1.93. The molecule has 0 saturated heterocycles. The van der Waals surface area contributed by atoms with Crippen molar-refractivity contribution < 1.29 is 8.95 Å². The molecule has 0 N–H and O–H groups in total. The summed E-state index contributed by atoms with van der Waals surface area (Å²) >= 11 is 1.47. The molecule has 0 aliphatic heterocycles. The van der Waals surface area contributed by atoms with Gasteiger partial charge in [0.15, 0.2) is 4.34 Å². The van der Waals surface area contributed by atoms with E-state index in [-0.39, 0.29) is 0 Å². The fourth-order valence-electron chi connectivity index (χ4n) is 1.53. The average molecular weight is 281 g/mol. The monoisotopic (exact) mass is 281 g/mol. The average Bonchev–Trinajstić information content (AvgIpc) is 2.83. The van der Waals surface area contributed by atoms with Crippen molar-refractivity contribution in [2.45, 2.75) is 17.7 Å². The second-order valence-electron chi connectivity index (χ2n) is 3.90. The summed E-state index contributed by atoms with van der Waals surface area (Å²) in [6, 6.07) is 7.85. The Hall–Kier alpha value is -1.20. The van der Waals surface area contributed by atoms with Crippen molar-refractivity contribution in [2.75, 3.05) is 12.9 Å². The Labute approximate surface area is 113 Å². The Morgan fingerprint density at radius 1 is 1.33 bits per heavy atom. The van der Waals surface area contributed by atoms with Gasteiger partial charge in [0.2, 0.25) is 0 Å². The van der Waals surface area contributed by atoms with Crippen LogP contribution in [0.25, 0.3) is 0 Å². The molecule has 1 atom stereocenters. The number of nitrogens with zero attached hydrogens (tertiary/aromatic N) is 1. The third-order valence-corrected chi connectivity index (χ3v) is 5.18. The fourth-order valence-corrected chi connectivity index (χ4v) is 3.71. The largest absolute Gasteiger partial charge is 0.497 e. The first-order chi connectivity index (χ1) is 8.69. The van der Waals surface area contributed by atoms with Gasteiger partial charge < -0.3 is 4.74 Å². The molecule has 5 heteroatoms. The van der Waals surface area contributed by atoms with Gasteiger partial charge in [-0.05, 0) is 31.0 Å². The lowest BCUT2D eigenvalue weighted by Crippen LogP contribution is -2.01. The molecule has 3 nitrogen and oxygen atoms in total. The van der Waals surface area contributed by atoms with Gasteiger partial charge in [0, 0.05) is 16.8 Å². The number of ether oxygens (including phenoxy) is 1. The number of aromatic nitrogens is 1. The van der Waals surface area contributed by atoms with Crippen LogP contribution in [0.15, 0.2) is 34.0 Å². The molecule has 0 amide bonds. The second-order valence-corrected chi connectivity index (χ2v) is 6.51. The van der Waals surface area contributed by atoms with E-state index in [0.29, 0.717) is 5.75 Å². The summed E-state index contributed by atoms with van der Waals surface area (Å²) in [5.41, 5.74) is 2.10. The lowest BCUT2D eigenvalue weighted by atomic mass is 10.2. The number of benzene rings is 1. The van der Waals surface area contributed by atoms with Gasteiger partial charge in [-0.1, -0.05) is 12.1 Å². The number of aryl methyl sites for hydroxylation is 2. The van der Waals surface area contributed by atoms with Gasteiger partial charge in [0.25, 0.3) is 0 Å². The minimum atomic E-state index is -0.994. The van der Waals surface area contributed by atoms with Crippen LogP contribution in [-0.2, 0) is 17.2 Å². The van der Waals surface area contributed by atoms with Crippen LogP contribution in [0.2, 0.25) is 0 Å². The molecule has 1 aromatic carbocycles. The van der Waals surface area contributed by atoms with Crippen LogP contribution in [0.3, 0.4) is 0 Å². The van der Waals surface area contributed by atoms with E-state index >= 15 is 0 Å². The highest BCUT2D eigenvalue weighted by atomic mass is 32.2. The predicted octanol–water partition coefficient (Wildman–Crippen LogP) is 2.81. The first-order valence-corrected chi connectivity index (χ1v) is 7.82. The van der Waals surface area contributed by atoms with Gasteiger partial charge in [-0.25, -0.2) is 4.98 Å². The van der Waals surface area contributed by atoms with E-state index in [9.17, 15) is 4.21 Å². The number of hydrogen-bond donors (Lipinski definition) is 0. The van der Waals surface area contributed by atoms with Gasteiger partial charge in [0.05, 0.1) is 17.9 Å². The Kier molecular flexibility index (Phi) is 4.49. The Balaban J connectivity index is 1.92. The van der Waals surface area contributed by atoms with Crippen LogP contribution in [0.4, 0.5) is 0 Å². The minimum absolute atomic E-state index is 0.610. The molecule has 0 aliphatic rings. The molecule has 0 bridgehead atoms. The van der Waals surface area contributed by atoms with E-state index in [1.54, 1.807) is 7.11 Å². The molecule has 0 spiro atoms. The maximum Gasteiger partial charge on any atom is 0.180 e. The lowest BCUT2D eigenvalue weighted by molar-refractivity contribution is 0.414. The summed E-state index contributed by atoms with van der Waals surface area (Å²) in [5.74, 6) is 1.45. The van der Waals surface area contributed by atoms with Crippen LogP contribution in [0, 0.1) is 6.92 Å². The van der Waals surface area contributed by atoms with Crippen molar-refractivity contribution in [3.05, 3.63) is 40.9 Å². The van der Waals surface area contributed by atoms with Crippen molar-refractivity contribution in [3.8, 4) is 5.75 Å². The van der Waals surface area contributed by atoms with Gasteiger partial charge in [-0.15, -0.1) is 11.3 Å². The normalized spacial score (nSPS) is 12.3. The molecule has 0 saturated carbocycles. The van der Waals surface area contributed by atoms with Crippen molar-refractivity contribution in [2.24, 2.45) is 0 Å². The van der Waals surface area contributed by atoms with E-state index in [0.717, 1.165) is 27.8 Å². The lowest BCUT2D eigenvalue weighted by Gasteiger charge is -2.02. The van der Waals surface area contributed by atoms with Gasteiger partial charge in [0.1, 0.15) is 5.75 Å². The first-order valence-electron chi connectivity index (χ1n) is 5.62. The van der Waals surface area contributed by atoms with Crippen LogP contribution >= 0.6 is 11.3 Å². The summed E-state index contributed by atoms with van der Waals surface area (Å²) in [4.78, 5) is 4.25. The number of thiazole rings is 1. The third-order valence-electron chi connectivity index (χ3n) is 2.53. The maximum absolute atomic E-state index is 12.0. The predicted molar refractivity (Wildman–Crippen MR) is 74.8 cm³/mol. The quantitative estimate of drug-likeness (QED) is 0.846. The number of hydrogen-bond acceptors (Lipinski definition) is 4. The molecular weight excluding hydrogens is 266 g/mol. The molecule has 1 aromatic heterocycles. The van der Waals surface area contributed by atoms with Crippen LogP contribution in [0.5, 0.6) is 5.75 Å². The highest BCUT2D eigenvalue weighted by Crippen LogP contribution is 2.16. The zero-order valence-electron chi connectivity index (χ0n) is 10.4. The molecule has 0 radical (unpaired) electrons. The number of methoxy groups -OCH3 is 1. The minimum Gasteiger partial charge on any atom is -0.497 e. The highest BCUT2D eigenvalue weighted by Gasteiger charge is 2.08. The van der Waals surface area contributed by atoms with Crippen molar-refractivity contribution >= 4 is 22.1 Å². The Morgan fingerprint density at radius 3 is 2.61 bits per heavy atom. The van der Waals surface area contributed by atoms with Crippen molar-refractivity contribution in [1.29, 1.82) is 0 Å². The maximum atomic E-state index is 12.0. The molecule has 1 heterocycles. The Morgan fingerprint density at radius 2 is 2.06 bits per heavy atom. The summed E-state index contributed by atoms with van der Waals surface area (Å²) in [7, 11) is 0.654. The molecule has 0 unspecified atom stereocenters. The fraction of sp³-hybridized carbons (Fsp3) is 0.308. The molecule has 0 fully saturated rings. The van der Waals surface area contributed by atoms with E-state index in [4.69, 9.17) is 4.74 Å². The zero-order valence-corrected chi connectivity index (χ0v) is 12.0. The standard InChI is InChI=1S/C13H15NO2S2/c1-10-9-17-13(14-10)18(15)8-7-11-3-5-12(16-2)6-4-11/h3-6,9H,7-8H2,1-2H3/t18-/m1/s1. The highest BCUT2D eigenvalue weighted by molar-refractivity contribution is 7.87. The summed E-state index contributed by atoms with van der Waals surface area (Å²) in [6.07, 6.45) is 0.787. The van der Waals surface area contributed by atoms with E-state index in [1.165, 1.54) is 11.3 Å². The molecule has 96 valence electrons. The van der Waals surface area contributed by atoms with E-state index < -0.39 is 10.8 Å². The number of rotatable bonds is 5. The van der Waals surface area contributed by atoms with Crippen molar-refractivity contribution in [1.82, 2.24) is 4.98 Å². The van der Waals surface area contributed by atoms with Gasteiger partial charge in [-0.2, -0.15) is 0 Å². The SMILES string of the molecule is COc1ccc(CC[S@@](=O)c2nc(C)cs2)cc1. The first kappa shape index (κ1) is 13.2. The summed E-state index contributed by atoms with van der Waals surface area (Å²) in [6.45, 7) is 1.92. The molecule has 0 aliphatic carbocycles. The summed E-state index contributed by atoms with van der Waals surface area (Å²) < 4.78 is 17.8. The van der Waals surface area contributed by atoms with Crippen LogP contribution in [0.1, 0.15) is 11.3 Å².